The molecular weight excluding hydrogens is 260 g/mol. The summed E-state index contributed by atoms with van der Waals surface area (Å²) in [6.45, 7) is 0.889. The number of amides is 1. The minimum absolute atomic E-state index is 0.172. The molecule has 1 atom stereocenters. The number of rotatable bonds is 2. The van der Waals surface area contributed by atoms with E-state index in [9.17, 15) is 9.59 Å². The van der Waals surface area contributed by atoms with Gasteiger partial charge in [0.25, 0.3) is 5.91 Å². The molecule has 1 fully saturated rings. The number of morpholine rings is 1. The number of ether oxygens (including phenoxy) is 2. The van der Waals surface area contributed by atoms with Gasteiger partial charge < -0.3 is 14.4 Å². The standard InChI is InChI=1S/C14H14N2O4/c1-19-14(18)12-9-16(6-7-20-12)13(17)11-4-2-10(8-15)3-5-11/h2-5,12H,6-7,9H2,1H3. The van der Waals surface area contributed by atoms with Gasteiger partial charge in [0, 0.05) is 12.1 Å². The molecule has 20 heavy (non-hydrogen) atoms. The van der Waals surface area contributed by atoms with Gasteiger partial charge in [0.15, 0.2) is 6.10 Å². The summed E-state index contributed by atoms with van der Waals surface area (Å²) in [6, 6.07) is 8.38. The Balaban J connectivity index is 2.08. The van der Waals surface area contributed by atoms with Gasteiger partial charge in [-0.15, -0.1) is 0 Å². The quantitative estimate of drug-likeness (QED) is 0.737. The Kier molecular flexibility index (Phi) is 4.33. The van der Waals surface area contributed by atoms with Crippen molar-refractivity contribution in [2.75, 3.05) is 26.8 Å². The van der Waals surface area contributed by atoms with Crippen molar-refractivity contribution in [2.45, 2.75) is 6.10 Å². The summed E-state index contributed by atoms with van der Waals surface area (Å²) >= 11 is 0. The van der Waals surface area contributed by atoms with Gasteiger partial charge in [0.05, 0.1) is 31.9 Å². The van der Waals surface area contributed by atoms with Crippen molar-refractivity contribution in [2.24, 2.45) is 0 Å². The topological polar surface area (TPSA) is 79.6 Å². The molecule has 1 aromatic rings. The molecule has 1 amide bonds. The molecule has 0 bridgehead atoms. The Bertz CT molecular complexity index is 547. The molecule has 1 aliphatic heterocycles. The maximum absolute atomic E-state index is 12.3. The van der Waals surface area contributed by atoms with Gasteiger partial charge in [-0.2, -0.15) is 5.26 Å². The molecule has 6 heteroatoms. The third-order valence-corrected chi connectivity index (χ3v) is 3.08. The number of hydrogen-bond acceptors (Lipinski definition) is 5. The molecule has 0 aliphatic carbocycles. The van der Waals surface area contributed by atoms with Crippen LogP contribution in [0.25, 0.3) is 0 Å². The van der Waals surface area contributed by atoms with Crippen molar-refractivity contribution in [3.8, 4) is 6.07 Å². The van der Waals surface area contributed by atoms with Gasteiger partial charge in [-0.25, -0.2) is 4.79 Å². The van der Waals surface area contributed by atoms with Crippen LogP contribution < -0.4 is 0 Å². The highest BCUT2D eigenvalue weighted by Crippen LogP contribution is 2.12. The highest BCUT2D eigenvalue weighted by Gasteiger charge is 2.30. The number of hydrogen-bond donors (Lipinski definition) is 0. The van der Waals surface area contributed by atoms with E-state index in [2.05, 4.69) is 4.74 Å². The Morgan fingerprint density at radius 2 is 2.10 bits per heavy atom. The smallest absolute Gasteiger partial charge is 0.336 e. The van der Waals surface area contributed by atoms with Crippen molar-refractivity contribution in [3.63, 3.8) is 0 Å². The predicted octanol–water partition coefficient (Wildman–Crippen LogP) is 0.572. The summed E-state index contributed by atoms with van der Waals surface area (Å²) < 4.78 is 9.89. The van der Waals surface area contributed by atoms with Crippen molar-refractivity contribution < 1.29 is 19.1 Å². The molecular formula is C14H14N2O4. The average Bonchev–Trinajstić information content (AvgIpc) is 2.53. The lowest BCUT2D eigenvalue weighted by atomic mass is 10.1. The fraction of sp³-hybridized carbons (Fsp3) is 0.357. The van der Waals surface area contributed by atoms with E-state index in [4.69, 9.17) is 10.00 Å². The molecule has 0 saturated carbocycles. The van der Waals surface area contributed by atoms with E-state index >= 15 is 0 Å². The first-order valence-corrected chi connectivity index (χ1v) is 6.14. The van der Waals surface area contributed by atoms with Crippen LogP contribution >= 0.6 is 0 Å². The molecule has 1 unspecified atom stereocenters. The largest absolute Gasteiger partial charge is 0.467 e. The Hall–Kier alpha value is -2.39. The monoisotopic (exact) mass is 274 g/mol. The number of benzene rings is 1. The summed E-state index contributed by atoms with van der Waals surface area (Å²) in [6.07, 6.45) is -0.740. The van der Waals surface area contributed by atoms with E-state index in [0.717, 1.165) is 0 Å². The maximum Gasteiger partial charge on any atom is 0.336 e. The van der Waals surface area contributed by atoms with Crippen LogP contribution in [0.5, 0.6) is 0 Å². The second-order valence-corrected chi connectivity index (χ2v) is 4.32. The highest BCUT2D eigenvalue weighted by molar-refractivity contribution is 5.94. The normalized spacial score (nSPS) is 18.2. The van der Waals surface area contributed by atoms with Gasteiger partial charge in [0.1, 0.15) is 0 Å². The van der Waals surface area contributed by atoms with Crippen LogP contribution in [0, 0.1) is 11.3 Å². The fourth-order valence-corrected chi connectivity index (χ4v) is 1.98. The molecule has 0 N–H and O–H groups in total. The summed E-state index contributed by atoms with van der Waals surface area (Å²) in [5, 5.41) is 8.73. The molecule has 1 aliphatic rings. The summed E-state index contributed by atoms with van der Waals surface area (Å²) in [5.41, 5.74) is 0.977. The lowest BCUT2D eigenvalue weighted by Gasteiger charge is -2.31. The van der Waals surface area contributed by atoms with E-state index in [1.54, 1.807) is 29.2 Å². The van der Waals surface area contributed by atoms with Crippen LogP contribution in [0.2, 0.25) is 0 Å². The number of methoxy groups -OCH3 is 1. The molecule has 0 spiro atoms. The van der Waals surface area contributed by atoms with Crippen molar-refractivity contribution in [3.05, 3.63) is 35.4 Å². The molecule has 0 radical (unpaired) electrons. The van der Waals surface area contributed by atoms with E-state index in [0.29, 0.717) is 24.3 Å². The van der Waals surface area contributed by atoms with Crippen molar-refractivity contribution in [1.82, 2.24) is 4.90 Å². The number of carbonyl (C=O) groups excluding carboxylic acids is 2. The van der Waals surface area contributed by atoms with Crippen LogP contribution in [0.4, 0.5) is 0 Å². The Morgan fingerprint density at radius 1 is 1.40 bits per heavy atom. The van der Waals surface area contributed by atoms with Crippen LogP contribution in [-0.4, -0.2) is 49.7 Å². The SMILES string of the molecule is COC(=O)C1CN(C(=O)c2ccc(C#N)cc2)CCO1. The Labute approximate surface area is 116 Å². The minimum atomic E-state index is -0.740. The number of carbonyl (C=O) groups is 2. The first-order valence-electron chi connectivity index (χ1n) is 6.14. The second kappa shape index (κ2) is 6.17. The minimum Gasteiger partial charge on any atom is -0.467 e. The first kappa shape index (κ1) is 14.0. The lowest BCUT2D eigenvalue weighted by molar-refractivity contribution is -0.158. The summed E-state index contributed by atoms with van der Waals surface area (Å²) in [5.74, 6) is -0.672. The number of nitriles is 1. The molecule has 2 rings (SSSR count). The van der Waals surface area contributed by atoms with Crippen LogP contribution in [0.3, 0.4) is 0 Å². The van der Waals surface area contributed by atoms with E-state index in [1.165, 1.54) is 7.11 Å². The van der Waals surface area contributed by atoms with Gasteiger partial charge in [0.2, 0.25) is 0 Å². The Morgan fingerprint density at radius 3 is 2.70 bits per heavy atom. The fourth-order valence-electron chi connectivity index (χ4n) is 1.98. The van der Waals surface area contributed by atoms with Crippen LogP contribution in [-0.2, 0) is 14.3 Å². The third-order valence-electron chi connectivity index (χ3n) is 3.08. The third kappa shape index (κ3) is 2.95. The molecule has 1 saturated heterocycles. The van der Waals surface area contributed by atoms with E-state index < -0.39 is 12.1 Å². The van der Waals surface area contributed by atoms with E-state index in [1.807, 2.05) is 6.07 Å². The average molecular weight is 274 g/mol. The number of esters is 1. The van der Waals surface area contributed by atoms with Crippen LogP contribution in [0.15, 0.2) is 24.3 Å². The second-order valence-electron chi connectivity index (χ2n) is 4.32. The molecule has 1 heterocycles. The predicted molar refractivity (Wildman–Crippen MR) is 68.8 cm³/mol. The maximum atomic E-state index is 12.3. The van der Waals surface area contributed by atoms with Gasteiger partial charge in [-0.3, -0.25) is 4.79 Å². The lowest BCUT2D eigenvalue weighted by Crippen LogP contribution is -2.48. The highest BCUT2D eigenvalue weighted by atomic mass is 16.6. The molecule has 104 valence electrons. The summed E-state index contributed by atoms with van der Waals surface area (Å²) in [4.78, 5) is 25.3. The van der Waals surface area contributed by atoms with Gasteiger partial charge >= 0.3 is 5.97 Å². The zero-order valence-electron chi connectivity index (χ0n) is 11.0. The molecule has 6 nitrogen and oxygen atoms in total. The van der Waals surface area contributed by atoms with Gasteiger partial charge in [-0.05, 0) is 24.3 Å². The van der Waals surface area contributed by atoms with Gasteiger partial charge in [-0.1, -0.05) is 0 Å². The molecule has 0 aromatic heterocycles. The van der Waals surface area contributed by atoms with E-state index in [-0.39, 0.29) is 12.5 Å². The zero-order chi connectivity index (χ0) is 14.5. The zero-order valence-corrected chi connectivity index (χ0v) is 11.0. The number of nitrogens with zero attached hydrogens (tertiary/aromatic N) is 2. The molecule has 1 aromatic carbocycles. The van der Waals surface area contributed by atoms with Crippen molar-refractivity contribution in [1.29, 1.82) is 5.26 Å². The summed E-state index contributed by atoms with van der Waals surface area (Å²) in [7, 11) is 1.28. The first-order chi connectivity index (χ1) is 9.65. The van der Waals surface area contributed by atoms with Crippen LogP contribution in [0.1, 0.15) is 15.9 Å². The van der Waals surface area contributed by atoms with Crippen molar-refractivity contribution >= 4 is 11.9 Å².